The molecule has 160 valence electrons. The molecule has 0 aromatic heterocycles. The van der Waals surface area contributed by atoms with E-state index in [1.165, 1.54) is 6.07 Å². The maximum absolute atomic E-state index is 12.4. The molecule has 3 aromatic carbocycles. The van der Waals surface area contributed by atoms with E-state index >= 15 is 0 Å². The van der Waals surface area contributed by atoms with Crippen molar-refractivity contribution in [3.63, 3.8) is 0 Å². The average molecular weight is 493 g/mol. The Morgan fingerprint density at radius 2 is 1.88 bits per heavy atom. The minimum absolute atomic E-state index is 0.0240. The normalized spacial score (nSPS) is 14.2. The summed E-state index contributed by atoms with van der Waals surface area (Å²) in [6.07, 6.45) is 1.58. The van der Waals surface area contributed by atoms with Gasteiger partial charge in [-0.2, -0.15) is 0 Å². The number of nitrogens with zero attached hydrogens (tertiary/aromatic N) is 2. The number of carbonyl (C=O) groups excluding carboxylic acids is 1. The van der Waals surface area contributed by atoms with Crippen LogP contribution >= 0.6 is 15.9 Å². The largest absolute Gasteiger partial charge is 0.488 e. The van der Waals surface area contributed by atoms with E-state index < -0.39 is 10.9 Å². The Morgan fingerprint density at radius 1 is 1.12 bits per heavy atom. The fraction of sp³-hybridized carbons (Fsp3) is 0.0833. The fourth-order valence-corrected chi connectivity index (χ4v) is 3.52. The molecule has 0 bridgehead atoms. The molecule has 0 atom stereocenters. The summed E-state index contributed by atoms with van der Waals surface area (Å²) in [4.78, 5) is 27.4. The molecule has 0 aliphatic carbocycles. The molecule has 0 saturated heterocycles. The number of nitro benzene ring substituents is 1. The zero-order valence-electron chi connectivity index (χ0n) is 16.9. The molecular formula is C24H17BrN2O5. The van der Waals surface area contributed by atoms with Gasteiger partial charge in [-0.25, -0.2) is 9.79 Å². The molecule has 0 fully saturated rings. The maximum Gasteiger partial charge on any atom is 0.363 e. The number of hydrogen-bond donors (Lipinski definition) is 0. The third kappa shape index (κ3) is 4.60. The van der Waals surface area contributed by atoms with Crippen molar-refractivity contribution < 1.29 is 19.2 Å². The number of hydrogen-bond acceptors (Lipinski definition) is 6. The molecule has 0 amide bonds. The van der Waals surface area contributed by atoms with Crippen LogP contribution in [0.4, 0.5) is 5.69 Å². The molecule has 3 aromatic rings. The second-order valence-corrected chi connectivity index (χ2v) is 7.87. The minimum Gasteiger partial charge on any atom is -0.488 e. The van der Waals surface area contributed by atoms with Gasteiger partial charge in [0.15, 0.2) is 5.70 Å². The van der Waals surface area contributed by atoms with E-state index in [4.69, 9.17) is 9.47 Å². The number of ether oxygens (including phenoxy) is 2. The summed E-state index contributed by atoms with van der Waals surface area (Å²) in [5.74, 6) is -0.0297. The Hall–Kier alpha value is -3.78. The van der Waals surface area contributed by atoms with Gasteiger partial charge in [-0.15, -0.1) is 0 Å². The number of para-hydroxylation sites is 1. The van der Waals surface area contributed by atoms with Gasteiger partial charge in [0.1, 0.15) is 12.4 Å². The quantitative estimate of drug-likeness (QED) is 0.193. The lowest BCUT2D eigenvalue weighted by Gasteiger charge is -2.10. The summed E-state index contributed by atoms with van der Waals surface area (Å²) in [6, 6.07) is 19.6. The van der Waals surface area contributed by atoms with E-state index in [1.54, 1.807) is 37.3 Å². The number of rotatable bonds is 6. The molecular weight excluding hydrogens is 476 g/mol. The molecule has 0 N–H and O–H groups in total. The number of benzene rings is 3. The van der Waals surface area contributed by atoms with Crippen LogP contribution in [0.5, 0.6) is 5.75 Å². The number of aryl methyl sites for hydroxylation is 1. The first-order chi connectivity index (χ1) is 15.4. The zero-order valence-corrected chi connectivity index (χ0v) is 18.5. The number of carbonyl (C=O) groups is 1. The molecule has 1 aliphatic heterocycles. The van der Waals surface area contributed by atoms with Crippen LogP contribution < -0.4 is 4.74 Å². The Kier molecular flexibility index (Phi) is 6.13. The van der Waals surface area contributed by atoms with Gasteiger partial charge in [0.25, 0.3) is 5.69 Å². The van der Waals surface area contributed by atoms with E-state index in [-0.39, 0.29) is 17.3 Å². The lowest BCUT2D eigenvalue weighted by molar-refractivity contribution is -0.385. The van der Waals surface area contributed by atoms with Crippen molar-refractivity contribution in [2.24, 2.45) is 4.99 Å². The van der Waals surface area contributed by atoms with E-state index in [0.29, 0.717) is 29.0 Å². The SMILES string of the molecule is Cc1ccc(C2=N/C(=C\c3ccccc3OCc3ccccc3Br)C(=O)O2)cc1[N+](=O)[O-]. The lowest BCUT2D eigenvalue weighted by Crippen LogP contribution is -2.06. The lowest BCUT2D eigenvalue weighted by atomic mass is 10.1. The van der Waals surface area contributed by atoms with Gasteiger partial charge in [-0.05, 0) is 31.2 Å². The summed E-state index contributed by atoms with van der Waals surface area (Å²) in [6.45, 7) is 1.98. The third-order valence-corrected chi connectivity index (χ3v) is 5.60. The standard InChI is InChI=1S/C24H17BrN2O5/c1-15-10-11-17(13-21(15)27(29)30)23-26-20(24(28)32-23)12-16-6-3-5-9-22(16)31-14-18-7-2-4-8-19(18)25/h2-13H,14H2,1H3/b20-12-. The van der Waals surface area contributed by atoms with Crippen LogP contribution in [0.1, 0.15) is 22.3 Å². The summed E-state index contributed by atoms with van der Waals surface area (Å²) in [7, 11) is 0. The first-order valence-corrected chi connectivity index (χ1v) is 10.4. The van der Waals surface area contributed by atoms with Gasteiger partial charge in [-0.1, -0.05) is 58.4 Å². The molecule has 4 rings (SSSR count). The molecule has 0 radical (unpaired) electrons. The van der Waals surface area contributed by atoms with Crippen molar-refractivity contribution in [2.45, 2.75) is 13.5 Å². The number of nitro groups is 1. The van der Waals surface area contributed by atoms with Crippen molar-refractivity contribution in [1.82, 2.24) is 0 Å². The van der Waals surface area contributed by atoms with Crippen LogP contribution in [0.2, 0.25) is 0 Å². The second-order valence-electron chi connectivity index (χ2n) is 7.01. The number of aliphatic imine (C=N–C) groups is 1. The van der Waals surface area contributed by atoms with Crippen molar-refractivity contribution >= 4 is 39.6 Å². The molecule has 7 nitrogen and oxygen atoms in total. The van der Waals surface area contributed by atoms with E-state index in [9.17, 15) is 14.9 Å². The van der Waals surface area contributed by atoms with Crippen molar-refractivity contribution in [3.8, 4) is 5.75 Å². The van der Waals surface area contributed by atoms with E-state index in [1.807, 2.05) is 36.4 Å². The predicted molar refractivity (Wildman–Crippen MR) is 123 cm³/mol. The number of esters is 1. The van der Waals surface area contributed by atoms with Crippen LogP contribution in [0.25, 0.3) is 6.08 Å². The molecule has 0 saturated carbocycles. The van der Waals surface area contributed by atoms with Crippen LogP contribution in [-0.4, -0.2) is 16.8 Å². The third-order valence-electron chi connectivity index (χ3n) is 4.83. The molecule has 0 unspecified atom stereocenters. The summed E-state index contributed by atoms with van der Waals surface area (Å²) < 4.78 is 12.2. The number of halogens is 1. The Morgan fingerprint density at radius 3 is 2.66 bits per heavy atom. The summed E-state index contributed by atoms with van der Waals surface area (Å²) in [5, 5.41) is 11.2. The van der Waals surface area contributed by atoms with Crippen molar-refractivity contribution in [2.75, 3.05) is 0 Å². The van der Waals surface area contributed by atoms with Gasteiger partial charge in [0.05, 0.1) is 4.92 Å². The predicted octanol–water partition coefficient (Wildman–Crippen LogP) is 5.59. The molecule has 32 heavy (non-hydrogen) atoms. The highest BCUT2D eigenvalue weighted by atomic mass is 79.9. The molecule has 8 heteroatoms. The van der Waals surface area contributed by atoms with Gasteiger partial charge >= 0.3 is 5.97 Å². The Labute approximate surface area is 192 Å². The summed E-state index contributed by atoms with van der Waals surface area (Å²) >= 11 is 3.50. The molecule has 1 aliphatic rings. The monoisotopic (exact) mass is 492 g/mol. The highest BCUT2D eigenvalue weighted by Crippen LogP contribution is 2.27. The smallest absolute Gasteiger partial charge is 0.363 e. The van der Waals surface area contributed by atoms with Gasteiger partial charge < -0.3 is 9.47 Å². The van der Waals surface area contributed by atoms with Crippen LogP contribution in [0, 0.1) is 17.0 Å². The van der Waals surface area contributed by atoms with Crippen molar-refractivity contribution in [3.05, 3.63) is 109 Å². The first kappa shape index (κ1) is 21.5. The van der Waals surface area contributed by atoms with Gasteiger partial charge in [0, 0.05) is 32.8 Å². The van der Waals surface area contributed by atoms with E-state index in [0.717, 1.165) is 10.0 Å². The fourth-order valence-electron chi connectivity index (χ4n) is 3.12. The first-order valence-electron chi connectivity index (χ1n) is 9.65. The Balaban J connectivity index is 1.61. The summed E-state index contributed by atoms with van der Waals surface area (Å²) in [5.41, 5.74) is 2.53. The zero-order chi connectivity index (χ0) is 22.7. The molecule has 0 spiro atoms. The molecule has 1 heterocycles. The minimum atomic E-state index is -0.635. The maximum atomic E-state index is 12.4. The van der Waals surface area contributed by atoms with Crippen LogP contribution in [0.15, 0.2) is 81.9 Å². The van der Waals surface area contributed by atoms with Gasteiger partial charge in [-0.3, -0.25) is 10.1 Å². The van der Waals surface area contributed by atoms with Gasteiger partial charge in [0.2, 0.25) is 5.90 Å². The van der Waals surface area contributed by atoms with Crippen LogP contribution in [0.3, 0.4) is 0 Å². The van der Waals surface area contributed by atoms with Crippen molar-refractivity contribution in [1.29, 1.82) is 0 Å². The Bertz CT molecular complexity index is 1280. The average Bonchev–Trinajstić information content (AvgIpc) is 3.14. The highest BCUT2D eigenvalue weighted by molar-refractivity contribution is 9.10. The topological polar surface area (TPSA) is 91.0 Å². The highest BCUT2D eigenvalue weighted by Gasteiger charge is 2.26. The number of cyclic esters (lactones) is 1. The van der Waals surface area contributed by atoms with Crippen LogP contribution in [-0.2, 0) is 16.1 Å². The second kappa shape index (κ2) is 9.15. The van der Waals surface area contributed by atoms with E-state index in [2.05, 4.69) is 20.9 Å².